The number of carbonyl (C=O) groups excluding carboxylic acids is 1. The number of amides is 1. The Balaban J connectivity index is 1.74. The molecule has 0 aromatic heterocycles. The Morgan fingerprint density at radius 1 is 1.30 bits per heavy atom. The summed E-state index contributed by atoms with van der Waals surface area (Å²) in [5, 5.41) is -1.19. The van der Waals surface area contributed by atoms with Crippen molar-refractivity contribution >= 4 is 27.9 Å². The van der Waals surface area contributed by atoms with Crippen molar-refractivity contribution in [2.45, 2.75) is 17.4 Å². The highest BCUT2D eigenvalue weighted by molar-refractivity contribution is 7.98. The molecule has 0 N–H and O–H groups in total. The smallest absolute Gasteiger partial charge is 0.307 e. The molecule has 0 radical (unpaired) electrons. The first kappa shape index (κ1) is 15.3. The summed E-state index contributed by atoms with van der Waals surface area (Å²) >= 11 is 1.67. The molecule has 1 aliphatic heterocycles. The SMILES string of the molecule is O=C1CC(S(=O)(=O)F)CN1CCSCc1ccccc1. The second-order valence-corrected chi connectivity index (χ2v) is 7.40. The second-order valence-electron chi connectivity index (χ2n) is 4.68. The van der Waals surface area contributed by atoms with Gasteiger partial charge >= 0.3 is 10.2 Å². The van der Waals surface area contributed by atoms with E-state index in [1.807, 2.05) is 30.3 Å². The molecule has 20 heavy (non-hydrogen) atoms. The van der Waals surface area contributed by atoms with Crippen LogP contribution in [0.2, 0.25) is 0 Å². The molecular weight excluding hydrogens is 301 g/mol. The van der Waals surface area contributed by atoms with Crippen LogP contribution in [0.25, 0.3) is 0 Å². The molecule has 2 rings (SSSR count). The van der Waals surface area contributed by atoms with Gasteiger partial charge in [0.05, 0.1) is 0 Å². The lowest BCUT2D eigenvalue weighted by atomic mass is 10.2. The molecule has 1 amide bonds. The molecule has 110 valence electrons. The Bertz CT molecular complexity index is 562. The molecule has 7 heteroatoms. The summed E-state index contributed by atoms with van der Waals surface area (Å²) in [6, 6.07) is 9.95. The third-order valence-electron chi connectivity index (χ3n) is 3.19. The number of benzene rings is 1. The van der Waals surface area contributed by atoms with Gasteiger partial charge in [0.25, 0.3) is 0 Å². The minimum Gasteiger partial charge on any atom is -0.340 e. The van der Waals surface area contributed by atoms with Gasteiger partial charge in [0.2, 0.25) is 5.91 Å². The molecule has 0 bridgehead atoms. The van der Waals surface area contributed by atoms with Crippen molar-refractivity contribution in [3.05, 3.63) is 35.9 Å². The Morgan fingerprint density at radius 3 is 2.60 bits per heavy atom. The van der Waals surface area contributed by atoms with Crippen LogP contribution in [0.5, 0.6) is 0 Å². The molecule has 1 unspecified atom stereocenters. The first-order valence-electron chi connectivity index (χ1n) is 6.30. The van der Waals surface area contributed by atoms with Crippen LogP contribution in [-0.2, 0) is 20.8 Å². The van der Waals surface area contributed by atoms with E-state index in [1.54, 1.807) is 11.8 Å². The summed E-state index contributed by atoms with van der Waals surface area (Å²) in [6.07, 6.45) is -0.234. The molecule has 1 atom stereocenters. The van der Waals surface area contributed by atoms with E-state index in [2.05, 4.69) is 0 Å². The Hall–Kier alpha value is -1.08. The Morgan fingerprint density at radius 2 is 2.00 bits per heavy atom. The first-order valence-corrected chi connectivity index (χ1v) is 8.90. The number of likely N-dealkylation sites (tertiary alicyclic amines) is 1. The number of nitrogens with zero attached hydrogens (tertiary/aromatic N) is 1. The van der Waals surface area contributed by atoms with E-state index < -0.39 is 15.5 Å². The molecule has 1 aliphatic rings. The lowest BCUT2D eigenvalue weighted by Gasteiger charge is -2.15. The van der Waals surface area contributed by atoms with Gasteiger partial charge in [-0.2, -0.15) is 20.2 Å². The van der Waals surface area contributed by atoms with Gasteiger partial charge in [0, 0.05) is 31.0 Å². The Kier molecular flexibility index (Phi) is 5.04. The predicted octanol–water partition coefficient (Wildman–Crippen LogP) is 1.82. The molecule has 0 saturated carbocycles. The fraction of sp³-hybridized carbons (Fsp3) is 0.462. The van der Waals surface area contributed by atoms with Gasteiger partial charge in [-0.3, -0.25) is 4.79 Å². The van der Waals surface area contributed by atoms with E-state index in [0.29, 0.717) is 12.3 Å². The van der Waals surface area contributed by atoms with Crippen molar-refractivity contribution in [1.29, 1.82) is 0 Å². The zero-order chi connectivity index (χ0) is 14.6. The molecule has 4 nitrogen and oxygen atoms in total. The lowest BCUT2D eigenvalue weighted by molar-refractivity contribution is -0.127. The third-order valence-corrected chi connectivity index (χ3v) is 5.32. The van der Waals surface area contributed by atoms with E-state index >= 15 is 0 Å². The van der Waals surface area contributed by atoms with Gasteiger partial charge in [0.15, 0.2) is 0 Å². The number of carbonyl (C=O) groups is 1. The number of hydrogen-bond donors (Lipinski definition) is 0. The summed E-state index contributed by atoms with van der Waals surface area (Å²) in [5.41, 5.74) is 1.20. The van der Waals surface area contributed by atoms with Crippen LogP contribution in [0.1, 0.15) is 12.0 Å². The van der Waals surface area contributed by atoms with Crippen LogP contribution < -0.4 is 0 Å². The monoisotopic (exact) mass is 317 g/mol. The maximum Gasteiger partial charge on any atom is 0.307 e. The van der Waals surface area contributed by atoms with Crippen molar-refractivity contribution in [2.24, 2.45) is 0 Å². The van der Waals surface area contributed by atoms with Crippen molar-refractivity contribution in [3.63, 3.8) is 0 Å². The quantitative estimate of drug-likeness (QED) is 0.593. The van der Waals surface area contributed by atoms with Crippen LogP contribution in [0, 0.1) is 0 Å². The minimum absolute atomic E-state index is 0.0242. The summed E-state index contributed by atoms with van der Waals surface area (Å²) < 4.78 is 34.4. The summed E-state index contributed by atoms with van der Waals surface area (Å²) in [7, 11) is -4.61. The molecule has 1 aromatic carbocycles. The minimum atomic E-state index is -4.61. The van der Waals surface area contributed by atoms with Crippen molar-refractivity contribution in [1.82, 2.24) is 4.90 Å². The topological polar surface area (TPSA) is 54.5 Å². The fourth-order valence-electron chi connectivity index (χ4n) is 2.08. The second kappa shape index (κ2) is 6.58. The highest BCUT2D eigenvalue weighted by Crippen LogP contribution is 2.20. The average molecular weight is 317 g/mol. The molecule has 0 spiro atoms. The number of hydrogen-bond acceptors (Lipinski definition) is 4. The number of rotatable bonds is 6. The van der Waals surface area contributed by atoms with E-state index in [-0.39, 0.29) is 18.9 Å². The summed E-state index contributed by atoms with van der Waals surface area (Å²) in [4.78, 5) is 13.0. The van der Waals surface area contributed by atoms with Crippen LogP contribution in [0.15, 0.2) is 30.3 Å². The van der Waals surface area contributed by atoms with Gasteiger partial charge in [-0.05, 0) is 5.56 Å². The maximum atomic E-state index is 12.8. The standard InChI is InChI=1S/C13H16FNO3S2/c14-20(17,18)12-8-13(16)15(9-12)6-7-19-10-11-4-2-1-3-5-11/h1-5,12H,6-10H2. The zero-order valence-corrected chi connectivity index (χ0v) is 12.5. The van der Waals surface area contributed by atoms with Crippen LogP contribution in [0.3, 0.4) is 0 Å². The largest absolute Gasteiger partial charge is 0.340 e. The average Bonchev–Trinajstić information content (AvgIpc) is 2.77. The van der Waals surface area contributed by atoms with Crippen LogP contribution >= 0.6 is 11.8 Å². The first-order chi connectivity index (χ1) is 9.47. The highest BCUT2D eigenvalue weighted by Gasteiger charge is 2.37. The molecular formula is C13H16FNO3S2. The normalized spacial score (nSPS) is 19.6. The van der Waals surface area contributed by atoms with Crippen molar-refractivity contribution < 1.29 is 17.1 Å². The fourth-order valence-corrected chi connectivity index (χ4v) is 3.70. The van der Waals surface area contributed by atoms with Gasteiger partial charge in [-0.1, -0.05) is 30.3 Å². The van der Waals surface area contributed by atoms with E-state index in [0.717, 1.165) is 5.75 Å². The van der Waals surface area contributed by atoms with Gasteiger partial charge in [-0.25, -0.2) is 0 Å². The van der Waals surface area contributed by atoms with E-state index in [4.69, 9.17) is 0 Å². The molecule has 0 aliphatic carbocycles. The van der Waals surface area contributed by atoms with E-state index in [1.165, 1.54) is 10.5 Å². The van der Waals surface area contributed by atoms with Crippen molar-refractivity contribution in [2.75, 3.05) is 18.8 Å². The third kappa shape index (κ3) is 4.21. The molecule has 1 fully saturated rings. The van der Waals surface area contributed by atoms with Crippen molar-refractivity contribution in [3.8, 4) is 0 Å². The van der Waals surface area contributed by atoms with Gasteiger partial charge in [-0.15, -0.1) is 3.89 Å². The number of thioether (sulfide) groups is 1. The summed E-state index contributed by atoms with van der Waals surface area (Å²) in [5.74, 6) is 1.27. The maximum absolute atomic E-state index is 12.8. The molecule has 1 heterocycles. The van der Waals surface area contributed by atoms with Gasteiger partial charge in [0.1, 0.15) is 5.25 Å². The van der Waals surface area contributed by atoms with Crippen LogP contribution in [-0.4, -0.2) is 43.3 Å². The molecule has 1 aromatic rings. The highest BCUT2D eigenvalue weighted by atomic mass is 32.3. The zero-order valence-electron chi connectivity index (χ0n) is 10.9. The molecule has 1 saturated heterocycles. The Labute approximate surface area is 122 Å². The predicted molar refractivity (Wildman–Crippen MR) is 77.6 cm³/mol. The number of halogens is 1. The lowest BCUT2D eigenvalue weighted by Crippen LogP contribution is -2.29. The summed E-state index contributed by atoms with van der Waals surface area (Å²) in [6.45, 7) is 0.436. The van der Waals surface area contributed by atoms with Crippen LogP contribution in [0.4, 0.5) is 3.89 Å². The van der Waals surface area contributed by atoms with Gasteiger partial charge < -0.3 is 4.90 Å². The van der Waals surface area contributed by atoms with E-state index in [9.17, 15) is 17.1 Å².